The molecule has 1 aromatic heterocycles. The number of anilines is 1. The van der Waals surface area contributed by atoms with E-state index in [4.69, 9.17) is 14.5 Å². The van der Waals surface area contributed by atoms with Crippen LogP contribution in [0.2, 0.25) is 0 Å². The van der Waals surface area contributed by atoms with E-state index in [0.717, 1.165) is 9.60 Å². The number of fused-ring (bicyclic) bond motifs is 1. The van der Waals surface area contributed by atoms with Gasteiger partial charge in [0.1, 0.15) is 27.5 Å². The summed E-state index contributed by atoms with van der Waals surface area (Å²) in [6.45, 7) is 1.23. The Hall–Kier alpha value is -2.36. The molecule has 3 rings (SSSR count). The minimum absolute atomic E-state index is 0.00606. The van der Waals surface area contributed by atoms with Crippen LogP contribution in [-0.2, 0) is 4.79 Å². The smallest absolute Gasteiger partial charge is 0.229 e. The molecule has 0 spiro atoms. The van der Waals surface area contributed by atoms with Crippen molar-refractivity contribution in [2.75, 3.05) is 52.1 Å². The standard InChI is InChI=1S/C22H26FN3O3S2/c1-25(2)12-13-26(19(27)11-14-30-16-7-5-15(23)6-8-16)22-24-20-17(28-3)9-10-18(29-4)21(20)31-22/h5-10H,11-14H2,1-4H3. The number of nitrogens with zero attached hydrogens (tertiary/aromatic N) is 3. The van der Waals surface area contributed by atoms with Crippen LogP contribution in [0.3, 0.4) is 0 Å². The van der Waals surface area contributed by atoms with Gasteiger partial charge in [-0.3, -0.25) is 9.69 Å². The zero-order chi connectivity index (χ0) is 22.4. The molecule has 0 aliphatic heterocycles. The highest BCUT2D eigenvalue weighted by molar-refractivity contribution is 7.99. The molecule has 0 bridgehead atoms. The molecule has 0 unspecified atom stereocenters. The number of thiazole rings is 1. The van der Waals surface area contributed by atoms with Crippen LogP contribution in [0, 0.1) is 5.82 Å². The number of carbonyl (C=O) groups is 1. The summed E-state index contributed by atoms with van der Waals surface area (Å²) in [5, 5.41) is 0.622. The van der Waals surface area contributed by atoms with Crippen LogP contribution in [0.15, 0.2) is 41.3 Å². The molecule has 166 valence electrons. The van der Waals surface area contributed by atoms with Crippen LogP contribution in [0.4, 0.5) is 9.52 Å². The molecule has 0 N–H and O–H groups in total. The maximum atomic E-state index is 13.1. The van der Waals surface area contributed by atoms with Gasteiger partial charge in [0.05, 0.1) is 14.2 Å². The molecule has 0 aliphatic carbocycles. The molecule has 0 aliphatic rings. The van der Waals surface area contributed by atoms with Crippen LogP contribution < -0.4 is 14.4 Å². The number of thioether (sulfide) groups is 1. The highest BCUT2D eigenvalue weighted by Gasteiger charge is 2.22. The highest BCUT2D eigenvalue weighted by atomic mass is 32.2. The van der Waals surface area contributed by atoms with Gasteiger partial charge < -0.3 is 14.4 Å². The molecule has 0 fully saturated rings. The lowest BCUT2D eigenvalue weighted by Crippen LogP contribution is -2.36. The van der Waals surface area contributed by atoms with E-state index in [9.17, 15) is 9.18 Å². The van der Waals surface area contributed by atoms with E-state index in [0.29, 0.717) is 47.4 Å². The van der Waals surface area contributed by atoms with Crippen LogP contribution in [0.1, 0.15) is 6.42 Å². The Labute approximate surface area is 190 Å². The lowest BCUT2D eigenvalue weighted by atomic mass is 10.3. The molecule has 2 aromatic carbocycles. The van der Waals surface area contributed by atoms with Crippen LogP contribution >= 0.6 is 23.1 Å². The molecule has 9 heteroatoms. The van der Waals surface area contributed by atoms with Gasteiger partial charge in [-0.15, -0.1) is 11.8 Å². The average Bonchev–Trinajstić information content (AvgIpc) is 3.19. The number of amides is 1. The van der Waals surface area contributed by atoms with E-state index in [1.54, 1.807) is 31.3 Å². The van der Waals surface area contributed by atoms with Gasteiger partial charge in [-0.2, -0.15) is 0 Å². The predicted molar refractivity (Wildman–Crippen MR) is 125 cm³/mol. The summed E-state index contributed by atoms with van der Waals surface area (Å²) in [6, 6.07) is 9.95. The first-order chi connectivity index (χ1) is 14.9. The van der Waals surface area contributed by atoms with Crippen molar-refractivity contribution in [2.24, 2.45) is 0 Å². The quantitative estimate of drug-likeness (QED) is 0.412. The van der Waals surface area contributed by atoms with E-state index in [2.05, 4.69) is 0 Å². The Morgan fingerprint density at radius 2 is 1.74 bits per heavy atom. The minimum atomic E-state index is -0.267. The van der Waals surface area contributed by atoms with Gasteiger partial charge in [0, 0.05) is 30.2 Å². The van der Waals surface area contributed by atoms with Crippen molar-refractivity contribution in [2.45, 2.75) is 11.3 Å². The Balaban J connectivity index is 1.80. The van der Waals surface area contributed by atoms with E-state index in [1.807, 2.05) is 31.1 Å². The van der Waals surface area contributed by atoms with E-state index in [1.165, 1.54) is 35.2 Å². The third kappa shape index (κ3) is 5.87. The second-order valence-electron chi connectivity index (χ2n) is 7.05. The number of likely N-dealkylation sites (N-methyl/N-ethyl adjacent to an activating group) is 1. The molecular weight excluding hydrogens is 437 g/mol. The maximum Gasteiger partial charge on any atom is 0.229 e. The molecule has 3 aromatic rings. The van der Waals surface area contributed by atoms with Crippen molar-refractivity contribution in [1.29, 1.82) is 0 Å². The highest BCUT2D eigenvalue weighted by Crippen LogP contribution is 2.40. The Bertz CT molecular complexity index is 984. The molecule has 6 nitrogen and oxygen atoms in total. The topological polar surface area (TPSA) is 54.9 Å². The predicted octanol–water partition coefficient (Wildman–Crippen LogP) is 4.53. The molecule has 0 saturated heterocycles. The number of hydrogen-bond acceptors (Lipinski definition) is 7. The summed E-state index contributed by atoms with van der Waals surface area (Å²) in [5.74, 6) is 1.67. The number of methoxy groups -OCH3 is 2. The lowest BCUT2D eigenvalue weighted by molar-refractivity contribution is -0.118. The number of hydrogen-bond donors (Lipinski definition) is 0. The summed E-state index contributed by atoms with van der Waals surface area (Å²) in [5.41, 5.74) is 0.685. The maximum absolute atomic E-state index is 13.1. The second kappa shape index (κ2) is 10.8. The van der Waals surface area contributed by atoms with Gasteiger partial charge in [0.15, 0.2) is 5.13 Å². The van der Waals surface area contributed by atoms with Gasteiger partial charge in [-0.25, -0.2) is 9.37 Å². The van der Waals surface area contributed by atoms with Crippen molar-refractivity contribution in [3.63, 3.8) is 0 Å². The number of halogens is 1. The molecule has 1 amide bonds. The number of aromatic nitrogens is 1. The zero-order valence-corrected chi connectivity index (χ0v) is 19.7. The second-order valence-corrected chi connectivity index (χ2v) is 9.19. The summed E-state index contributed by atoms with van der Waals surface area (Å²) < 4.78 is 24.8. The normalized spacial score (nSPS) is 11.2. The SMILES string of the molecule is COc1ccc(OC)c2sc(N(CCN(C)C)C(=O)CCSc3ccc(F)cc3)nc12. The first-order valence-electron chi connectivity index (χ1n) is 9.78. The fourth-order valence-corrected chi connectivity index (χ4v) is 4.90. The van der Waals surface area contributed by atoms with Crippen molar-refractivity contribution in [3.8, 4) is 11.5 Å². The van der Waals surface area contributed by atoms with Crippen molar-refractivity contribution in [3.05, 3.63) is 42.2 Å². The Morgan fingerprint density at radius 1 is 1.06 bits per heavy atom. The molecule has 1 heterocycles. The van der Waals surface area contributed by atoms with Crippen LogP contribution in [0.25, 0.3) is 10.2 Å². The first kappa shape index (κ1) is 23.3. The van der Waals surface area contributed by atoms with Crippen molar-refractivity contribution in [1.82, 2.24) is 9.88 Å². The number of carbonyl (C=O) groups excluding carboxylic acids is 1. The molecule has 0 radical (unpaired) electrons. The van der Waals surface area contributed by atoms with Gasteiger partial charge in [-0.1, -0.05) is 11.3 Å². The fourth-order valence-electron chi connectivity index (χ4n) is 2.94. The fraction of sp³-hybridized carbons (Fsp3) is 0.364. The first-order valence-corrected chi connectivity index (χ1v) is 11.6. The third-order valence-corrected chi connectivity index (χ3v) is 6.71. The third-order valence-electron chi connectivity index (χ3n) is 4.60. The van der Waals surface area contributed by atoms with Crippen LogP contribution in [-0.4, -0.2) is 62.9 Å². The van der Waals surface area contributed by atoms with Crippen molar-refractivity contribution < 1.29 is 18.7 Å². The number of ether oxygens (including phenoxy) is 2. The average molecular weight is 464 g/mol. The van der Waals surface area contributed by atoms with Gasteiger partial charge in [0.25, 0.3) is 0 Å². The molecular formula is C22H26FN3O3S2. The lowest BCUT2D eigenvalue weighted by Gasteiger charge is -2.22. The van der Waals surface area contributed by atoms with Gasteiger partial charge in [-0.05, 0) is 50.5 Å². The zero-order valence-electron chi connectivity index (χ0n) is 18.1. The minimum Gasteiger partial charge on any atom is -0.495 e. The van der Waals surface area contributed by atoms with E-state index >= 15 is 0 Å². The monoisotopic (exact) mass is 463 g/mol. The summed E-state index contributed by atoms with van der Waals surface area (Å²) in [7, 11) is 7.15. The molecule has 0 atom stereocenters. The largest absolute Gasteiger partial charge is 0.495 e. The Morgan fingerprint density at radius 3 is 2.39 bits per heavy atom. The molecule has 31 heavy (non-hydrogen) atoms. The van der Waals surface area contributed by atoms with Crippen molar-refractivity contribution >= 4 is 44.4 Å². The van der Waals surface area contributed by atoms with E-state index < -0.39 is 0 Å². The summed E-state index contributed by atoms with van der Waals surface area (Å²) in [6.07, 6.45) is 0.347. The van der Waals surface area contributed by atoms with Gasteiger partial charge in [0.2, 0.25) is 5.91 Å². The number of benzene rings is 2. The van der Waals surface area contributed by atoms with E-state index in [-0.39, 0.29) is 11.7 Å². The van der Waals surface area contributed by atoms with Gasteiger partial charge >= 0.3 is 0 Å². The summed E-state index contributed by atoms with van der Waals surface area (Å²) >= 11 is 2.95. The molecule has 0 saturated carbocycles. The number of rotatable bonds is 10. The summed E-state index contributed by atoms with van der Waals surface area (Å²) in [4.78, 5) is 22.5. The van der Waals surface area contributed by atoms with Crippen LogP contribution in [0.5, 0.6) is 11.5 Å². The Kier molecular flexibility index (Phi) is 8.11.